The molecule has 250 valence electrons. The number of rotatable bonds is 7. The Bertz CT molecular complexity index is 2450. The van der Waals surface area contributed by atoms with Gasteiger partial charge in [0.2, 0.25) is 0 Å². The molecule has 0 N–H and O–H groups in total. The second-order valence-corrected chi connectivity index (χ2v) is 13.7. The van der Waals surface area contributed by atoms with E-state index < -0.39 is 0 Å². The van der Waals surface area contributed by atoms with E-state index in [0.717, 1.165) is 72.4 Å². The van der Waals surface area contributed by atoms with Crippen LogP contribution in [0.2, 0.25) is 0 Å². The summed E-state index contributed by atoms with van der Waals surface area (Å²) < 4.78 is 0. The van der Waals surface area contributed by atoms with Crippen molar-refractivity contribution in [1.82, 2.24) is 15.0 Å². The van der Waals surface area contributed by atoms with E-state index in [2.05, 4.69) is 164 Å². The summed E-state index contributed by atoms with van der Waals surface area (Å²) in [5.41, 5.74) is 15.6. The molecule has 3 aliphatic rings. The van der Waals surface area contributed by atoms with Crippen molar-refractivity contribution in [3.05, 3.63) is 187 Å². The summed E-state index contributed by atoms with van der Waals surface area (Å²) >= 11 is 0. The third kappa shape index (κ3) is 6.20. The average molecular weight is 670 g/mol. The molecule has 3 nitrogen and oxygen atoms in total. The van der Waals surface area contributed by atoms with Crippen molar-refractivity contribution in [2.45, 2.75) is 38.5 Å². The fraction of sp³-hybridized carbons (Fsp3) is 0.122. The van der Waals surface area contributed by atoms with Gasteiger partial charge in [-0.25, -0.2) is 15.0 Å². The van der Waals surface area contributed by atoms with Gasteiger partial charge in [0, 0.05) is 11.1 Å². The van der Waals surface area contributed by atoms with E-state index in [9.17, 15) is 0 Å². The molecule has 9 rings (SSSR count). The van der Waals surface area contributed by atoms with Gasteiger partial charge in [-0.15, -0.1) is 0 Å². The summed E-state index contributed by atoms with van der Waals surface area (Å²) in [6.07, 6.45) is 19.7. The first kappa shape index (κ1) is 31.8. The van der Waals surface area contributed by atoms with Crippen LogP contribution in [0.4, 0.5) is 0 Å². The fourth-order valence-electron chi connectivity index (χ4n) is 7.86. The van der Waals surface area contributed by atoms with E-state index >= 15 is 0 Å². The minimum Gasteiger partial charge on any atom is -0.209 e. The van der Waals surface area contributed by atoms with Crippen LogP contribution in [0, 0.1) is 0 Å². The summed E-state index contributed by atoms with van der Waals surface area (Å²) in [7, 11) is 0. The highest BCUT2D eigenvalue weighted by molar-refractivity contribution is 5.96. The molecule has 0 bridgehead atoms. The molecule has 0 amide bonds. The van der Waals surface area contributed by atoms with Gasteiger partial charge in [-0.05, 0) is 100 Å². The fourth-order valence-corrected chi connectivity index (χ4v) is 7.86. The van der Waals surface area contributed by atoms with Crippen LogP contribution in [0.1, 0.15) is 50.2 Å². The molecule has 6 aromatic rings. The molecule has 0 saturated carbocycles. The third-order valence-corrected chi connectivity index (χ3v) is 10.4. The summed E-state index contributed by atoms with van der Waals surface area (Å²) in [5.74, 6) is 2.25. The van der Waals surface area contributed by atoms with Crippen molar-refractivity contribution in [1.29, 1.82) is 0 Å². The van der Waals surface area contributed by atoms with E-state index in [1.54, 1.807) is 0 Å². The Morgan fingerprint density at radius 2 is 0.981 bits per heavy atom. The van der Waals surface area contributed by atoms with Crippen LogP contribution < -0.4 is 0 Å². The zero-order valence-electron chi connectivity index (χ0n) is 29.2. The Morgan fingerprint density at radius 1 is 0.423 bits per heavy atom. The van der Waals surface area contributed by atoms with Crippen molar-refractivity contribution in [2.24, 2.45) is 0 Å². The van der Waals surface area contributed by atoms with Gasteiger partial charge in [0.15, 0.2) is 17.5 Å². The maximum Gasteiger partial charge on any atom is 0.164 e. The lowest BCUT2D eigenvalue weighted by molar-refractivity contribution is 0.830. The molecule has 0 unspecified atom stereocenters. The molecule has 0 saturated heterocycles. The summed E-state index contributed by atoms with van der Waals surface area (Å²) in [6, 6.07) is 45.6. The molecule has 0 atom stereocenters. The first-order chi connectivity index (χ1) is 25.8. The molecule has 3 aliphatic carbocycles. The molecule has 0 fully saturated rings. The lowest BCUT2D eigenvalue weighted by Gasteiger charge is -2.22. The first-order valence-electron chi connectivity index (χ1n) is 18.5. The number of allylic oxidation sites excluding steroid dienone is 10. The predicted octanol–water partition coefficient (Wildman–Crippen LogP) is 12.8. The summed E-state index contributed by atoms with van der Waals surface area (Å²) in [5, 5.41) is 0. The topological polar surface area (TPSA) is 38.7 Å². The van der Waals surface area contributed by atoms with Gasteiger partial charge in [0.1, 0.15) is 0 Å². The molecular weight excluding hydrogens is 631 g/mol. The Labute approximate surface area is 306 Å². The number of hydrogen-bond donors (Lipinski definition) is 0. The van der Waals surface area contributed by atoms with Gasteiger partial charge in [0.25, 0.3) is 0 Å². The van der Waals surface area contributed by atoms with Crippen molar-refractivity contribution in [2.75, 3.05) is 0 Å². The Morgan fingerprint density at radius 3 is 1.69 bits per heavy atom. The zero-order valence-corrected chi connectivity index (χ0v) is 29.2. The van der Waals surface area contributed by atoms with Crippen LogP contribution in [0.5, 0.6) is 0 Å². The van der Waals surface area contributed by atoms with Gasteiger partial charge in [-0.2, -0.15) is 0 Å². The van der Waals surface area contributed by atoms with Crippen LogP contribution in [0.15, 0.2) is 175 Å². The largest absolute Gasteiger partial charge is 0.209 e. The maximum absolute atomic E-state index is 5.22. The smallest absolute Gasteiger partial charge is 0.164 e. The standard InChI is InChI=1S/C49H39N3/c1-3-17-34(18-4-1)39-25-9-11-28-42(39)44-30-13-14-31-45(44)43-29-12-10-27-41(43)37-23-15-24-38(33-37)48-50-47(36-20-5-2-6-21-36)51-49(52-48)46-32-16-22-35-19-7-8-26-40(35)46/h1-5,8-15,17-18,20,23-33H,6-7,16,19,21-22H2. The minimum atomic E-state index is 0.709. The van der Waals surface area contributed by atoms with Gasteiger partial charge in [0.05, 0.1) is 0 Å². The molecule has 0 aliphatic heterocycles. The minimum absolute atomic E-state index is 0.709. The summed E-state index contributed by atoms with van der Waals surface area (Å²) in [4.78, 5) is 15.5. The van der Waals surface area contributed by atoms with E-state index in [4.69, 9.17) is 15.0 Å². The average Bonchev–Trinajstić information content (AvgIpc) is 3.24. The Kier molecular flexibility index (Phi) is 8.68. The maximum atomic E-state index is 5.22. The molecular formula is C49H39N3. The van der Waals surface area contributed by atoms with Crippen molar-refractivity contribution >= 4 is 11.1 Å². The molecule has 0 spiro atoms. The summed E-state index contributed by atoms with van der Waals surface area (Å²) in [6.45, 7) is 0. The number of hydrogen-bond acceptors (Lipinski definition) is 3. The Balaban J connectivity index is 1.16. The highest BCUT2D eigenvalue weighted by atomic mass is 15.0. The molecule has 5 aromatic carbocycles. The van der Waals surface area contributed by atoms with Gasteiger partial charge in [-0.3, -0.25) is 0 Å². The number of nitrogens with zero attached hydrogens (tertiary/aromatic N) is 3. The highest BCUT2D eigenvalue weighted by Crippen LogP contribution is 2.42. The second-order valence-electron chi connectivity index (χ2n) is 13.7. The van der Waals surface area contributed by atoms with Gasteiger partial charge >= 0.3 is 0 Å². The highest BCUT2D eigenvalue weighted by Gasteiger charge is 2.23. The lowest BCUT2D eigenvalue weighted by Crippen LogP contribution is -2.10. The first-order valence-corrected chi connectivity index (χ1v) is 18.5. The quantitative estimate of drug-likeness (QED) is 0.170. The van der Waals surface area contributed by atoms with Gasteiger partial charge in [-0.1, -0.05) is 163 Å². The molecule has 52 heavy (non-hydrogen) atoms. The monoisotopic (exact) mass is 669 g/mol. The van der Waals surface area contributed by atoms with Crippen LogP contribution in [-0.4, -0.2) is 15.0 Å². The zero-order chi connectivity index (χ0) is 34.7. The van der Waals surface area contributed by atoms with Crippen molar-refractivity contribution in [3.63, 3.8) is 0 Å². The second kappa shape index (κ2) is 14.2. The predicted molar refractivity (Wildman–Crippen MR) is 216 cm³/mol. The number of benzene rings is 5. The molecule has 1 heterocycles. The Hall–Kier alpha value is -6.19. The lowest BCUT2D eigenvalue weighted by atomic mass is 9.85. The van der Waals surface area contributed by atoms with Crippen LogP contribution >= 0.6 is 0 Å². The van der Waals surface area contributed by atoms with E-state index in [1.165, 1.54) is 50.1 Å². The number of aromatic nitrogens is 3. The van der Waals surface area contributed by atoms with Gasteiger partial charge < -0.3 is 0 Å². The molecule has 0 radical (unpaired) electrons. The van der Waals surface area contributed by atoms with E-state index in [-0.39, 0.29) is 0 Å². The SMILES string of the molecule is C1=CCCC(c2nc(C3=CCCC4=C3C=CCC4)nc(-c3cccc(-c4ccccc4-c4ccccc4-c4ccccc4-c4ccccc4)c3)n2)=C1. The normalized spacial score (nSPS) is 15.2. The van der Waals surface area contributed by atoms with Crippen LogP contribution in [0.25, 0.3) is 67.0 Å². The van der Waals surface area contributed by atoms with Crippen LogP contribution in [-0.2, 0) is 0 Å². The molecule has 1 aromatic heterocycles. The van der Waals surface area contributed by atoms with E-state index in [0.29, 0.717) is 5.82 Å². The van der Waals surface area contributed by atoms with E-state index in [1.807, 2.05) is 0 Å². The van der Waals surface area contributed by atoms with Crippen molar-refractivity contribution in [3.8, 4) is 55.9 Å². The molecule has 3 heteroatoms. The van der Waals surface area contributed by atoms with Crippen LogP contribution in [0.3, 0.4) is 0 Å². The third-order valence-electron chi connectivity index (χ3n) is 10.4. The van der Waals surface area contributed by atoms with Crippen molar-refractivity contribution < 1.29 is 0 Å².